The van der Waals surface area contributed by atoms with Gasteiger partial charge in [0.15, 0.2) is 0 Å². The Morgan fingerprint density at radius 2 is 1.97 bits per heavy atom. The molecule has 0 bridgehead atoms. The summed E-state index contributed by atoms with van der Waals surface area (Å²) in [6.07, 6.45) is 4.40. The third kappa shape index (κ3) is 4.17. The van der Waals surface area contributed by atoms with Gasteiger partial charge in [-0.2, -0.15) is 0 Å². The van der Waals surface area contributed by atoms with Crippen LogP contribution in [0, 0.1) is 5.92 Å². The Hall–Kier alpha value is -2.74. The number of rotatable bonds is 8. The van der Waals surface area contributed by atoms with E-state index in [9.17, 15) is 24.3 Å². The Balaban J connectivity index is 1.84. The fourth-order valence-corrected chi connectivity index (χ4v) is 4.19. The van der Waals surface area contributed by atoms with Crippen LogP contribution in [-0.4, -0.2) is 59.8 Å². The zero-order valence-electron chi connectivity index (χ0n) is 16.5. The monoisotopic (exact) mass is 401 g/mol. The topological polar surface area (TPSA) is 116 Å². The van der Waals surface area contributed by atoms with Gasteiger partial charge in [-0.1, -0.05) is 6.07 Å². The molecule has 156 valence electrons. The Kier molecular flexibility index (Phi) is 6.64. The zero-order chi connectivity index (χ0) is 21.0. The number of hydrogen-bond donors (Lipinski definition) is 3. The quantitative estimate of drug-likeness (QED) is 0.447. The summed E-state index contributed by atoms with van der Waals surface area (Å²) in [5.74, 6) is -1.19. The van der Waals surface area contributed by atoms with Crippen LogP contribution in [0.4, 0.5) is 5.69 Å². The highest BCUT2D eigenvalue weighted by molar-refractivity contribution is 6.25. The van der Waals surface area contributed by atoms with E-state index in [-0.39, 0.29) is 36.6 Å². The summed E-state index contributed by atoms with van der Waals surface area (Å²) in [4.78, 5) is 50.2. The van der Waals surface area contributed by atoms with Crippen molar-refractivity contribution >= 4 is 29.7 Å². The Morgan fingerprint density at radius 3 is 2.59 bits per heavy atom. The van der Waals surface area contributed by atoms with Crippen molar-refractivity contribution in [2.24, 2.45) is 5.92 Å². The van der Waals surface area contributed by atoms with Gasteiger partial charge in [0, 0.05) is 31.8 Å². The number of aldehydes is 1. The number of carbonyl (C=O) groups is 4. The second kappa shape index (κ2) is 9.17. The summed E-state index contributed by atoms with van der Waals surface area (Å²) >= 11 is 0. The molecule has 1 aromatic carbocycles. The van der Waals surface area contributed by atoms with E-state index in [4.69, 9.17) is 0 Å². The van der Waals surface area contributed by atoms with Crippen molar-refractivity contribution in [2.75, 3.05) is 19.0 Å². The largest absolute Gasteiger partial charge is 0.396 e. The van der Waals surface area contributed by atoms with E-state index in [0.717, 1.165) is 30.6 Å². The van der Waals surface area contributed by atoms with Gasteiger partial charge in [0.2, 0.25) is 5.91 Å². The number of nitrogens with zero attached hydrogens (tertiary/aromatic N) is 1. The molecule has 0 saturated heterocycles. The number of carbonyl (C=O) groups excluding carboxylic acids is 4. The van der Waals surface area contributed by atoms with Crippen LogP contribution in [0.25, 0.3) is 0 Å². The Bertz CT molecular complexity index is 802. The van der Waals surface area contributed by atoms with E-state index in [1.54, 1.807) is 18.2 Å². The zero-order valence-corrected chi connectivity index (χ0v) is 16.5. The Morgan fingerprint density at radius 1 is 1.24 bits per heavy atom. The van der Waals surface area contributed by atoms with Crippen molar-refractivity contribution < 1.29 is 24.3 Å². The minimum atomic E-state index is -1.02. The number of benzene rings is 1. The normalized spacial score (nSPS) is 22.2. The number of anilines is 1. The van der Waals surface area contributed by atoms with Gasteiger partial charge in [-0.3, -0.25) is 19.3 Å². The summed E-state index contributed by atoms with van der Waals surface area (Å²) in [5, 5.41) is 15.2. The fraction of sp³-hybridized carbons (Fsp3) is 0.524. The minimum Gasteiger partial charge on any atom is -0.396 e. The molecule has 1 aromatic rings. The number of amides is 3. The lowest BCUT2D eigenvalue weighted by atomic mass is 9.86. The standard InChI is InChI=1S/C21H27N3O5/c1-22-19(27)17(6-3-11-25)24-20(28)15-4-2-5-16(18(15)21(24)29)23-14-9-7-13(12-26)8-10-14/h2,4-5,11,13-14,17,23,26H,3,6-10,12H2,1H3,(H,22,27). The van der Waals surface area contributed by atoms with Crippen molar-refractivity contribution in [1.82, 2.24) is 10.2 Å². The molecule has 0 radical (unpaired) electrons. The molecule has 8 nitrogen and oxygen atoms in total. The summed E-state index contributed by atoms with van der Waals surface area (Å²) in [6.45, 7) is 0.192. The van der Waals surface area contributed by atoms with Crippen LogP contribution in [0.2, 0.25) is 0 Å². The fourth-order valence-electron chi connectivity index (χ4n) is 4.19. The lowest BCUT2D eigenvalue weighted by Gasteiger charge is -2.29. The molecule has 1 saturated carbocycles. The van der Waals surface area contributed by atoms with Crippen LogP contribution in [0.15, 0.2) is 18.2 Å². The molecule has 1 aliphatic heterocycles. The van der Waals surface area contributed by atoms with Gasteiger partial charge in [0.05, 0.1) is 11.1 Å². The SMILES string of the molecule is CNC(=O)C(CCC=O)N1C(=O)c2cccc(NC3CCC(CO)CC3)c2C1=O. The van der Waals surface area contributed by atoms with Crippen LogP contribution < -0.4 is 10.6 Å². The number of fused-ring (bicyclic) bond motifs is 1. The van der Waals surface area contributed by atoms with Crippen LogP contribution in [-0.2, 0) is 9.59 Å². The van der Waals surface area contributed by atoms with Gasteiger partial charge in [0.25, 0.3) is 11.8 Å². The molecule has 1 unspecified atom stereocenters. The minimum absolute atomic E-state index is 0.0741. The predicted molar refractivity (Wildman–Crippen MR) is 107 cm³/mol. The van der Waals surface area contributed by atoms with Crippen molar-refractivity contribution in [1.29, 1.82) is 0 Å². The second-order valence-electron chi connectivity index (χ2n) is 7.63. The van der Waals surface area contributed by atoms with Crippen molar-refractivity contribution in [2.45, 2.75) is 50.6 Å². The van der Waals surface area contributed by atoms with Gasteiger partial charge in [-0.25, -0.2) is 0 Å². The molecule has 1 fully saturated rings. The molecule has 3 rings (SSSR count). The molecule has 3 amide bonds. The summed E-state index contributed by atoms with van der Waals surface area (Å²) in [6, 6.07) is 4.21. The number of hydrogen-bond acceptors (Lipinski definition) is 6. The second-order valence-corrected chi connectivity index (χ2v) is 7.63. The van der Waals surface area contributed by atoms with Crippen molar-refractivity contribution in [3.8, 4) is 0 Å². The summed E-state index contributed by atoms with van der Waals surface area (Å²) in [5.41, 5.74) is 1.13. The van der Waals surface area contributed by atoms with Gasteiger partial charge in [0.1, 0.15) is 12.3 Å². The molecular weight excluding hydrogens is 374 g/mol. The first kappa shape index (κ1) is 21.0. The lowest BCUT2D eigenvalue weighted by molar-refractivity contribution is -0.124. The van der Waals surface area contributed by atoms with Crippen LogP contribution in [0.5, 0.6) is 0 Å². The van der Waals surface area contributed by atoms with Gasteiger partial charge >= 0.3 is 0 Å². The predicted octanol–water partition coefficient (Wildman–Crippen LogP) is 1.34. The smallest absolute Gasteiger partial charge is 0.264 e. The van der Waals surface area contributed by atoms with Gasteiger partial charge in [-0.05, 0) is 50.2 Å². The first-order chi connectivity index (χ1) is 14.0. The number of likely N-dealkylation sites (N-methyl/N-ethyl adjacent to an activating group) is 1. The molecule has 29 heavy (non-hydrogen) atoms. The molecule has 1 heterocycles. The molecular formula is C21H27N3O5. The number of imide groups is 1. The summed E-state index contributed by atoms with van der Waals surface area (Å²) in [7, 11) is 1.43. The van der Waals surface area contributed by atoms with Crippen molar-refractivity contribution in [3.63, 3.8) is 0 Å². The van der Waals surface area contributed by atoms with Crippen molar-refractivity contribution in [3.05, 3.63) is 29.3 Å². The maximum absolute atomic E-state index is 13.2. The summed E-state index contributed by atoms with van der Waals surface area (Å²) < 4.78 is 0. The number of aliphatic hydroxyl groups excluding tert-OH is 1. The average Bonchev–Trinajstić information content (AvgIpc) is 3.00. The first-order valence-corrected chi connectivity index (χ1v) is 10.0. The molecule has 0 spiro atoms. The highest BCUT2D eigenvalue weighted by atomic mass is 16.3. The number of nitrogens with one attached hydrogen (secondary N) is 2. The van der Waals surface area contributed by atoms with Crippen LogP contribution >= 0.6 is 0 Å². The molecule has 3 N–H and O–H groups in total. The highest BCUT2D eigenvalue weighted by Gasteiger charge is 2.43. The van der Waals surface area contributed by atoms with E-state index in [1.807, 2.05) is 0 Å². The first-order valence-electron chi connectivity index (χ1n) is 10.0. The van der Waals surface area contributed by atoms with E-state index < -0.39 is 23.8 Å². The van der Waals surface area contributed by atoms with Crippen LogP contribution in [0.1, 0.15) is 59.2 Å². The van der Waals surface area contributed by atoms with Crippen LogP contribution in [0.3, 0.4) is 0 Å². The third-order valence-corrected chi connectivity index (χ3v) is 5.83. The molecule has 0 aromatic heterocycles. The van der Waals surface area contributed by atoms with E-state index in [0.29, 0.717) is 17.9 Å². The van der Waals surface area contributed by atoms with Gasteiger partial charge in [-0.15, -0.1) is 0 Å². The average molecular weight is 401 g/mol. The third-order valence-electron chi connectivity index (χ3n) is 5.83. The lowest BCUT2D eigenvalue weighted by Crippen LogP contribution is -2.48. The maximum Gasteiger partial charge on any atom is 0.264 e. The highest BCUT2D eigenvalue weighted by Crippen LogP contribution is 2.34. The van der Waals surface area contributed by atoms with E-state index in [1.165, 1.54) is 7.05 Å². The van der Waals surface area contributed by atoms with E-state index in [2.05, 4.69) is 10.6 Å². The number of aliphatic hydroxyl groups is 1. The molecule has 8 heteroatoms. The Labute approximate surface area is 169 Å². The molecule has 2 aliphatic rings. The maximum atomic E-state index is 13.2. The van der Waals surface area contributed by atoms with Gasteiger partial charge < -0.3 is 20.5 Å². The molecule has 1 aliphatic carbocycles. The molecule has 1 atom stereocenters. The van der Waals surface area contributed by atoms with E-state index >= 15 is 0 Å².